The highest BCUT2D eigenvalue weighted by molar-refractivity contribution is 6.30. The summed E-state index contributed by atoms with van der Waals surface area (Å²) in [7, 11) is 1.50. The fraction of sp³-hybridized carbons (Fsp3) is 0.500. The van der Waals surface area contributed by atoms with Crippen LogP contribution in [0.25, 0.3) is 0 Å². The van der Waals surface area contributed by atoms with E-state index in [2.05, 4.69) is 0 Å². The maximum Gasteiger partial charge on any atom is 0.248 e. The minimum Gasteiger partial charge on any atom is -0.493 e. The molecule has 1 aliphatic heterocycles. The van der Waals surface area contributed by atoms with Gasteiger partial charge in [0.05, 0.1) is 13.0 Å². The van der Waals surface area contributed by atoms with Crippen molar-refractivity contribution in [2.75, 3.05) is 46.5 Å². The van der Waals surface area contributed by atoms with Crippen LogP contribution in [-0.4, -0.2) is 68.1 Å². The van der Waals surface area contributed by atoms with Crippen LogP contribution in [0.3, 0.4) is 0 Å². The van der Waals surface area contributed by atoms with E-state index < -0.39 is 0 Å². The summed E-state index contributed by atoms with van der Waals surface area (Å²) in [5.74, 6) is 0.695. The lowest BCUT2D eigenvalue weighted by Gasteiger charge is -2.34. The van der Waals surface area contributed by atoms with Gasteiger partial charge in [0.1, 0.15) is 12.4 Å². The van der Waals surface area contributed by atoms with Crippen molar-refractivity contribution in [3.8, 4) is 5.75 Å². The zero-order valence-corrected chi connectivity index (χ0v) is 13.9. The average Bonchev–Trinajstić information content (AvgIpc) is 2.57. The summed E-state index contributed by atoms with van der Waals surface area (Å²) in [6.07, 6.45) is 0.314. The summed E-state index contributed by atoms with van der Waals surface area (Å²) in [5, 5.41) is 0.648. The molecule has 0 spiro atoms. The van der Waals surface area contributed by atoms with Crippen LogP contribution in [0.5, 0.6) is 5.75 Å². The number of ether oxygens (including phenoxy) is 2. The van der Waals surface area contributed by atoms with Crippen LogP contribution >= 0.6 is 11.6 Å². The number of carbonyl (C=O) groups excluding carboxylic acids is 2. The van der Waals surface area contributed by atoms with Crippen LogP contribution in [-0.2, 0) is 14.3 Å². The van der Waals surface area contributed by atoms with E-state index >= 15 is 0 Å². The number of hydrogen-bond donors (Lipinski definition) is 0. The maximum atomic E-state index is 12.1. The van der Waals surface area contributed by atoms with Gasteiger partial charge in [-0.3, -0.25) is 9.59 Å². The van der Waals surface area contributed by atoms with E-state index in [-0.39, 0.29) is 18.4 Å². The number of rotatable bonds is 6. The normalized spacial score (nSPS) is 14.7. The molecule has 2 amide bonds. The van der Waals surface area contributed by atoms with Crippen molar-refractivity contribution >= 4 is 23.4 Å². The molecular weight excluding hydrogens is 320 g/mol. The Labute approximate surface area is 140 Å². The third kappa shape index (κ3) is 5.41. The van der Waals surface area contributed by atoms with Crippen molar-refractivity contribution < 1.29 is 19.1 Å². The van der Waals surface area contributed by atoms with E-state index in [1.807, 2.05) is 0 Å². The van der Waals surface area contributed by atoms with Gasteiger partial charge in [-0.15, -0.1) is 0 Å². The molecule has 23 heavy (non-hydrogen) atoms. The predicted molar refractivity (Wildman–Crippen MR) is 86.6 cm³/mol. The van der Waals surface area contributed by atoms with Gasteiger partial charge in [-0.05, 0) is 24.3 Å². The van der Waals surface area contributed by atoms with Crippen LogP contribution in [0, 0.1) is 0 Å². The molecule has 0 radical (unpaired) electrons. The highest BCUT2D eigenvalue weighted by atomic mass is 35.5. The Morgan fingerprint density at radius 3 is 2.17 bits per heavy atom. The Bertz CT molecular complexity index is 527. The third-order valence-electron chi connectivity index (χ3n) is 3.65. The predicted octanol–water partition coefficient (Wildman–Crippen LogP) is 1.43. The summed E-state index contributed by atoms with van der Waals surface area (Å²) >= 11 is 5.80. The first-order valence-electron chi connectivity index (χ1n) is 7.53. The molecule has 6 nitrogen and oxygen atoms in total. The fourth-order valence-corrected chi connectivity index (χ4v) is 2.49. The van der Waals surface area contributed by atoms with Gasteiger partial charge in [0.15, 0.2) is 0 Å². The fourth-order valence-electron chi connectivity index (χ4n) is 2.37. The van der Waals surface area contributed by atoms with Crippen molar-refractivity contribution in [3.63, 3.8) is 0 Å². The topological polar surface area (TPSA) is 59.1 Å². The smallest absolute Gasteiger partial charge is 0.248 e. The van der Waals surface area contributed by atoms with Crippen LogP contribution in [0.4, 0.5) is 0 Å². The largest absolute Gasteiger partial charge is 0.493 e. The number of halogens is 1. The second-order valence-electron chi connectivity index (χ2n) is 5.25. The van der Waals surface area contributed by atoms with Crippen LogP contribution in [0.1, 0.15) is 6.42 Å². The Hall–Kier alpha value is -1.79. The van der Waals surface area contributed by atoms with E-state index in [1.165, 1.54) is 7.11 Å². The SMILES string of the molecule is COCC(=O)N1CCN(C(=O)CCOc2ccc(Cl)cc2)CC1. The Kier molecular flexibility index (Phi) is 6.67. The molecule has 0 bridgehead atoms. The van der Waals surface area contributed by atoms with Gasteiger partial charge >= 0.3 is 0 Å². The molecule has 1 fully saturated rings. The number of methoxy groups -OCH3 is 1. The lowest BCUT2D eigenvalue weighted by Crippen LogP contribution is -2.51. The molecule has 1 heterocycles. The molecule has 1 saturated heterocycles. The first kappa shape index (κ1) is 17.6. The number of carbonyl (C=O) groups is 2. The second kappa shape index (κ2) is 8.74. The molecule has 126 valence electrons. The number of hydrogen-bond acceptors (Lipinski definition) is 4. The van der Waals surface area contributed by atoms with Gasteiger partial charge in [-0.2, -0.15) is 0 Å². The van der Waals surface area contributed by atoms with Crippen LogP contribution in [0.2, 0.25) is 5.02 Å². The Balaban J connectivity index is 1.68. The quantitative estimate of drug-likeness (QED) is 0.786. The molecule has 0 unspecified atom stereocenters. The molecule has 1 aliphatic rings. The summed E-state index contributed by atoms with van der Waals surface area (Å²) in [5.41, 5.74) is 0. The summed E-state index contributed by atoms with van der Waals surface area (Å²) < 4.78 is 10.4. The first-order chi connectivity index (χ1) is 11.1. The number of piperazine rings is 1. The average molecular weight is 341 g/mol. The highest BCUT2D eigenvalue weighted by Gasteiger charge is 2.23. The Morgan fingerprint density at radius 1 is 1.04 bits per heavy atom. The molecule has 0 aliphatic carbocycles. The third-order valence-corrected chi connectivity index (χ3v) is 3.90. The standard InChI is InChI=1S/C16H21ClN2O4/c1-22-12-16(21)19-9-7-18(8-10-19)15(20)6-11-23-14-4-2-13(17)3-5-14/h2-5H,6-12H2,1H3. The molecule has 1 aromatic carbocycles. The van der Waals surface area contributed by atoms with E-state index in [0.29, 0.717) is 50.0 Å². The lowest BCUT2D eigenvalue weighted by molar-refractivity contribution is -0.142. The van der Waals surface area contributed by atoms with Gasteiger partial charge in [0.25, 0.3) is 0 Å². The number of benzene rings is 1. The van der Waals surface area contributed by atoms with Gasteiger partial charge in [0, 0.05) is 38.3 Å². The summed E-state index contributed by atoms with van der Waals surface area (Å²) in [6, 6.07) is 7.03. The zero-order valence-electron chi connectivity index (χ0n) is 13.2. The summed E-state index contributed by atoms with van der Waals surface area (Å²) in [4.78, 5) is 27.3. The van der Waals surface area contributed by atoms with Crippen LogP contribution in [0.15, 0.2) is 24.3 Å². The molecule has 0 N–H and O–H groups in total. The van der Waals surface area contributed by atoms with Crippen molar-refractivity contribution in [1.82, 2.24) is 9.80 Å². The molecule has 2 rings (SSSR count). The molecule has 7 heteroatoms. The highest BCUT2D eigenvalue weighted by Crippen LogP contribution is 2.15. The van der Waals surface area contributed by atoms with Crippen molar-refractivity contribution in [2.24, 2.45) is 0 Å². The zero-order chi connectivity index (χ0) is 16.7. The monoisotopic (exact) mass is 340 g/mol. The molecule has 1 aromatic rings. The van der Waals surface area contributed by atoms with Gasteiger partial charge in [-0.25, -0.2) is 0 Å². The van der Waals surface area contributed by atoms with Crippen molar-refractivity contribution in [1.29, 1.82) is 0 Å². The minimum absolute atomic E-state index is 0.0364. The van der Waals surface area contributed by atoms with Gasteiger partial charge < -0.3 is 19.3 Å². The molecule has 0 saturated carbocycles. The second-order valence-corrected chi connectivity index (χ2v) is 5.68. The maximum absolute atomic E-state index is 12.1. The molecule has 0 atom stereocenters. The first-order valence-corrected chi connectivity index (χ1v) is 7.91. The van der Waals surface area contributed by atoms with Crippen LogP contribution < -0.4 is 4.74 Å². The molecule has 0 aromatic heterocycles. The van der Waals surface area contributed by atoms with E-state index in [4.69, 9.17) is 21.1 Å². The Morgan fingerprint density at radius 2 is 1.61 bits per heavy atom. The lowest BCUT2D eigenvalue weighted by atomic mass is 10.2. The summed E-state index contributed by atoms with van der Waals surface area (Å²) in [6.45, 7) is 2.61. The molecular formula is C16H21ClN2O4. The van der Waals surface area contributed by atoms with Crippen molar-refractivity contribution in [2.45, 2.75) is 6.42 Å². The van der Waals surface area contributed by atoms with Gasteiger partial charge in [-0.1, -0.05) is 11.6 Å². The van der Waals surface area contributed by atoms with E-state index in [0.717, 1.165) is 0 Å². The van der Waals surface area contributed by atoms with E-state index in [1.54, 1.807) is 34.1 Å². The van der Waals surface area contributed by atoms with Crippen molar-refractivity contribution in [3.05, 3.63) is 29.3 Å². The van der Waals surface area contributed by atoms with E-state index in [9.17, 15) is 9.59 Å². The number of amides is 2. The number of nitrogens with zero attached hydrogens (tertiary/aromatic N) is 2. The minimum atomic E-state index is -0.0364. The van der Waals surface area contributed by atoms with Gasteiger partial charge in [0.2, 0.25) is 11.8 Å².